The van der Waals surface area contributed by atoms with E-state index in [9.17, 15) is 4.79 Å². The van der Waals surface area contributed by atoms with Gasteiger partial charge in [-0.15, -0.1) is 0 Å². The summed E-state index contributed by atoms with van der Waals surface area (Å²) in [7, 11) is 0. The van der Waals surface area contributed by atoms with Gasteiger partial charge in [0.15, 0.2) is 0 Å². The first-order chi connectivity index (χ1) is 9.20. The van der Waals surface area contributed by atoms with Crippen LogP contribution in [0.3, 0.4) is 0 Å². The molecule has 0 atom stereocenters. The molecule has 2 rings (SSSR count). The molecule has 0 unspecified atom stereocenters. The number of benzene rings is 1. The van der Waals surface area contributed by atoms with Gasteiger partial charge in [0, 0.05) is 18.1 Å². The molecule has 0 saturated heterocycles. The van der Waals surface area contributed by atoms with Crippen LogP contribution in [0.1, 0.15) is 29.3 Å². The molecule has 0 aliphatic heterocycles. The van der Waals surface area contributed by atoms with Crippen molar-refractivity contribution in [1.82, 2.24) is 4.98 Å². The SMILES string of the molecule is CCCc1ccc(Nc2ccncc2C(=O)O)cc1. The predicted octanol–water partition coefficient (Wildman–Crippen LogP) is 3.48. The Balaban J connectivity index is 2.19. The third kappa shape index (κ3) is 3.31. The van der Waals surface area contributed by atoms with E-state index < -0.39 is 5.97 Å². The lowest BCUT2D eigenvalue weighted by molar-refractivity contribution is 0.0697. The number of carbonyl (C=O) groups is 1. The molecule has 0 bridgehead atoms. The van der Waals surface area contributed by atoms with E-state index in [1.165, 1.54) is 11.8 Å². The van der Waals surface area contributed by atoms with E-state index in [1.807, 2.05) is 24.3 Å². The van der Waals surface area contributed by atoms with Crippen LogP contribution in [0.25, 0.3) is 0 Å². The smallest absolute Gasteiger partial charge is 0.339 e. The van der Waals surface area contributed by atoms with Crippen molar-refractivity contribution in [2.24, 2.45) is 0 Å². The van der Waals surface area contributed by atoms with E-state index in [0.717, 1.165) is 18.5 Å². The van der Waals surface area contributed by atoms with Gasteiger partial charge in [0.2, 0.25) is 0 Å². The molecule has 2 N–H and O–H groups in total. The number of rotatable bonds is 5. The fourth-order valence-corrected chi connectivity index (χ4v) is 1.87. The molecule has 0 fully saturated rings. The first-order valence-corrected chi connectivity index (χ1v) is 6.24. The van der Waals surface area contributed by atoms with E-state index in [-0.39, 0.29) is 5.56 Å². The Hall–Kier alpha value is -2.36. The van der Waals surface area contributed by atoms with Gasteiger partial charge in [0.25, 0.3) is 0 Å². The number of hydrogen-bond acceptors (Lipinski definition) is 3. The average Bonchev–Trinajstić information content (AvgIpc) is 2.42. The van der Waals surface area contributed by atoms with Crippen molar-refractivity contribution in [3.8, 4) is 0 Å². The van der Waals surface area contributed by atoms with Crippen molar-refractivity contribution in [3.63, 3.8) is 0 Å². The highest BCUT2D eigenvalue weighted by atomic mass is 16.4. The van der Waals surface area contributed by atoms with Crippen LogP contribution in [0, 0.1) is 0 Å². The van der Waals surface area contributed by atoms with Crippen LogP contribution in [-0.2, 0) is 6.42 Å². The molecule has 0 saturated carbocycles. The summed E-state index contributed by atoms with van der Waals surface area (Å²) in [6.07, 6.45) is 5.08. The zero-order chi connectivity index (χ0) is 13.7. The van der Waals surface area contributed by atoms with Gasteiger partial charge < -0.3 is 10.4 Å². The van der Waals surface area contributed by atoms with Crippen LogP contribution in [0.4, 0.5) is 11.4 Å². The van der Waals surface area contributed by atoms with Crippen molar-refractivity contribution in [3.05, 3.63) is 53.9 Å². The van der Waals surface area contributed by atoms with E-state index in [4.69, 9.17) is 5.11 Å². The molecular weight excluding hydrogens is 240 g/mol. The number of anilines is 2. The minimum Gasteiger partial charge on any atom is -0.478 e. The first-order valence-electron chi connectivity index (χ1n) is 6.24. The average molecular weight is 256 g/mol. The van der Waals surface area contributed by atoms with Crippen LogP contribution < -0.4 is 5.32 Å². The lowest BCUT2D eigenvalue weighted by Crippen LogP contribution is -2.03. The van der Waals surface area contributed by atoms with Gasteiger partial charge in [-0.2, -0.15) is 0 Å². The van der Waals surface area contributed by atoms with Gasteiger partial charge in [0.1, 0.15) is 5.56 Å². The summed E-state index contributed by atoms with van der Waals surface area (Å²) >= 11 is 0. The molecule has 4 heteroatoms. The molecule has 0 aliphatic carbocycles. The second-order valence-corrected chi connectivity index (χ2v) is 4.30. The number of hydrogen-bond donors (Lipinski definition) is 2. The zero-order valence-corrected chi connectivity index (χ0v) is 10.8. The van der Waals surface area contributed by atoms with E-state index in [0.29, 0.717) is 5.69 Å². The fourth-order valence-electron chi connectivity index (χ4n) is 1.87. The third-order valence-electron chi connectivity index (χ3n) is 2.82. The maximum Gasteiger partial charge on any atom is 0.339 e. The third-order valence-corrected chi connectivity index (χ3v) is 2.82. The second kappa shape index (κ2) is 6.00. The lowest BCUT2D eigenvalue weighted by Gasteiger charge is -2.09. The summed E-state index contributed by atoms with van der Waals surface area (Å²) in [5.74, 6) is -0.988. The summed E-state index contributed by atoms with van der Waals surface area (Å²) in [5.41, 5.74) is 2.86. The maximum atomic E-state index is 11.1. The number of aromatic carboxylic acids is 1. The summed E-state index contributed by atoms with van der Waals surface area (Å²) in [6.45, 7) is 2.14. The van der Waals surface area contributed by atoms with Gasteiger partial charge >= 0.3 is 5.97 Å². The van der Waals surface area contributed by atoms with Gasteiger partial charge in [0.05, 0.1) is 5.69 Å². The Kier molecular flexibility index (Phi) is 4.13. The van der Waals surface area contributed by atoms with Gasteiger partial charge in [-0.1, -0.05) is 25.5 Å². The van der Waals surface area contributed by atoms with Crippen molar-refractivity contribution >= 4 is 17.3 Å². The van der Waals surface area contributed by atoms with Crippen molar-refractivity contribution in [2.75, 3.05) is 5.32 Å². The Labute approximate surface area is 112 Å². The Bertz CT molecular complexity index is 565. The normalized spacial score (nSPS) is 10.2. The highest BCUT2D eigenvalue weighted by molar-refractivity contribution is 5.94. The van der Waals surface area contributed by atoms with E-state index >= 15 is 0 Å². The number of aromatic nitrogens is 1. The summed E-state index contributed by atoms with van der Waals surface area (Å²) in [6, 6.07) is 9.67. The molecule has 0 radical (unpaired) electrons. The predicted molar refractivity (Wildman–Crippen MR) is 74.9 cm³/mol. The molecule has 4 nitrogen and oxygen atoms in total. The largest absolute Gasteiger partial charge is 0.478 e. The van der Waals surface area contributed by atoms with Crippen LogP contribution in [0.15, 0.2) is 42.7 Å². The molecule has 0 aliphatic rings. The molecule has 19 heavy (non-hydrogen) atoms. The Morgan fingerprint density at radius 1 is 1.26 bits per heavy atom. The molecule has 1 aromatic carbocycles. The molecule has 1 aromatic heterocycles. The quantitative estimate of drug-likeness (QED) is 0.859. The van der Waals surface area contributed by atoms with E-state index in [1.54, 1.807) is 12.3 Å². The summed E-state index contributed by atoms with van der Waals surface area (Å²) in [4.78, 5) is 14.9. The topological polar surface area (TPSA) is 62.2 Å². The number of carboxylic acid groups (broad SMARTS) is 1. The fraction of sp³-hybridized carbons (Fsp3) is 0.200. The standard InChI is InChI=1S/C15H16N2O2/c1-2-3-11-4-6-12(7-5-11)17-14-8-9-16-10-13(14)15(18)19/h4-10H,2-3H2,1H3,(H,16,17)(H,18,19). The number of pyridine rings is 1. The van der Waals surface area contributed by atoms with Crippen LogP contribution in [-0.4, -0.2) is 16.1 Å². The molecule has 0 spiro atoms. The number of nitrogens with one attached hydrogen (secondary N) is 1. The van der Waals surface area contributed by atoms with Crippen LogP contribution in [0.2, 0.25) is 0 Å². The van der Waals surface area contributed by atoms with Gasteiger partial charge in [-0.05, 0) is 30.2 Å². The molecule has 0 amide bonds. The minimum atomic E-state index is -0.988. The van der Waals surface area contributed by atoms with Crippen molar-refractivity contribution < 1.29 is 9.90 Å². The summed E-state index contributed by atoms with van der Waals surface area (Å²) < 4.78 is 0. The van der Waals surface area contributed by atoms with Crippen LogP contribution in [0.5, 0.6) is 0 Å². The van der Waals surface area contributed by atoms with E-state index in [2.05, 4.69) is 17.2 Å². The molecule has 2 aromatic rings. The molecule has 1 heterocycles. The van der Waals surface area contributed by atoms with Gasteiger partial charge in [-0.25, -0.2) is 4.79 Å². The second-order valence-electron chi connectivity index (χ2n) is 4.30. The molecule has 98 valence electrons. The Morgan fingerprint density at radius 3 is 2.63 bits per heavy atom. The monoisotopic (exact) mass is 256 g/mol. The first kappa shape index (κ1) is 13.1. The van der Waals surface area contributed by atoms with Crippen molar-refractivity contribution in [2.45, 2.75) is 19.8 Å². The number of carboxylic acids is 1. The highest BCUT2D eigenvalue weighted by Gasteiger charge is 2.09. The van der Waals surface area contributed by atoms with Gasteiger partial charge in [-0.3, -0.25) is 4.98 Å². The molecular formula is C15H16N2O2. The lowest BCUT2D eigenvalue weighted by atomic mass is 10.1. The zero-order valence-electron chi connectivity index (χ0n) is 10.8. The number of nitrogens with zero attached hydrogens (tertiary/aromatic N) is 1. The van der Waals surface area contributed by atoms with Crippen LogP contribution >= 0.6 is 0 Å². The minimum absolute atomic E-state index is 0.167. The van der Waals surface area contributed by atoms with Crippen molar-refractivity contribution in [1.29, 1.82) is 0 Å². The highest BCUT2D eigenvalue weighted by Crippen LogP contribution is 2.20. The number of aryl methyl sites for hydroxylation is 1. The summed E-state index contributed by atoms with van der Waals surface area (Å²) in [5, 5.41) is 12.2. The maximum absolute atomic E-state index is 11.1. The Morgan fingerprint density at radius 2 is 2.00 bits per heavy atom.